The molecule has 0 rings (SSSR count). The summed E-state index contributed by atoms with van der Waals surface area (Å²) in [7, 11) is 0. The number of hydrogen-bond acceptors (Lipinski definition) is 3. The molecule has 0 heterocycles. The van der Waals surface area contributed by atoms with Crippen LogP contribution in [0.5, 0.6) is 0 Å². The molecule has 0 aliphatic carbocycles. The number of rotatable bonds is 0. The van der Waals surface area contributed by atoms with Gasteiger partial charge in [-0.1, -0.05) is 13.8 Å². The van der Waals surface area contributed by atoms with E-state index in [4.69, 9.17) is 15.9 Å². The van der Waals surface area contributed by atoms with Crippen molar-refractivity contribution in [3.63, 3.8) is 0 Å². The summed E-state index contributed by atoms with van der Waals surface area (Å²) in [6.45, 7) is 3.89. The fourth-order valence-electron chi connectivity index (χ4n) is 0. The molecule has 3 heteroatoms. The molecule has 0 unspecified atom stereocenters. The molecule has 3 N–H and O–H groups in total. The van der Waals surface area contributed by atoms with Crippen molar-refractivity contribution in [2.45, 2.75) is 19.9 Å². The summed E-state index contributed by atoms with van der Waals surface area (Å²) in [5, 5.41) is 5.40. The molecule has 42 valence electrons. The van der Waals surface area contributed by atoms with Gasteiger partial charge in [-0.05, 0) is 6.04 Å². The lowest BCUT2D eigenvalue weighted by molar-refractivity contribution is 0.563. The van der Waals surface area contributed by atoms with E-state index in [2.05, 4.69) is 0 Å². The zero-order valence-corrected chi connectivity index (χ0v) is 4.56. The Balaban J connectivity index is 0. The predicted molar refractivity (Wildman–Crippen MR) is 27.7 cm³/mol. The highest BCUT2D eigenvalue weighted by atomic mass is 16.1. The smallest absolute Gasteiger partial charge is 0.231 e. The van der Waals surface area contributed by atoms with Crippen molar-refractivity contribution in [1.29, 1.82) is 5.41 Å². The van der Waals surface area contributed by atoms with Gasteiger partial charge < -0.3 is 5.73 Å². The van der Waals surface area contributed by atoms with Gasteiger partial charge in [-0.15, -0.1) is 0 Å². The molecule has 7 heavy (non-hydrogen) atoms. The number of carbonyl (C=O) groups excluding carboxylic acids is 1. The Morgan fingerprint density at radius 1 is 1.71 bits per heavy atom. The molecule has 0 aliphatic rings. The minimum absolute atomic E-state index is 0.333. The Labute approximate surface area is 43.0 Å². The van der Waals surface area contributed by atoms with Crippen LogP contribution in [0.25, 0.3) is 0 Å². The fraction of sp³-hybridized carbons (Fsp3) is 0.750. The zero-order valence-electron chi connectivity index (χ0n) is 4.56. The van der Waals surface area contributed by atoms with Crippen LogP contribution in [0.4, 0.5) is 0 Å². The van der Waals surface area contributed by atoms with Crippen LogP contribution >= 0.6 is 0 Å². The van der Waals surface area contributed by atoms with Gasteiger partial charge in [-0.2, -0.15) is 0 Å². The van der Waals surface area contributed by atoms with E-state index in [-0.39, 0.29) is 0 Å². The minimum atomic E-state index is 0.333. The first-order valence-corrected chi connectivity index (χ1v) is 1.94. The molecule has 0 radical (unpaired) electrons. The molecule has 0 aliphatic heterocycles. The molecule has 0 bridgehead atoms. The molecule has 0 saturated carbocycles. The Morgan fingerprint density at radius 2 is 1.71 bits per heavy atom. The summed E-state index contributed by atoms with van der Waals surface area (Å²) >= 11 is 0. The quantitative estimate of drug-likeness (QED) is 0.340. The molecule has 0 atom stereocenters. The second-order valence-electron chi connectivity index (χ2n) is 1.35. The minimum Gasteiger partial charge on any atom is -0.328 e. The van der Waals surface area contributed by atoms with Gasteiger partial charge in [0.2, 0.25) is 6.08 Å². The SMILES string of the molecule is CC(C)N.N=C=O. The Kier molecular flexibility index (Phi) is 12.4. The van der Waals surface area contributed by atoms with Crippen LogP contribution in [-0.2, 0) is 4.79 Å². The zero-order chi connectivity index (χ0) is 6.28. The maximum Gasteiger partial charge on any atom is 0.231 e. The topological polar surface area (TPSA) is 66.9 Å². The van der Waals surface area contributed by atoms with E-state index in [0.29, 0.717) is 6.04 Å². The molecular formula is C4H10N2O. The van der Waals surface area contributed by atoms with Crippen LogP contribution in [0.2, 0.25) is 0 Å². The average Bonchev–Trinajstić information content (AvgIpc) is 1.33. The highest BCUT2D eigenvalue weighted by Gasteiger charge is 1.67. The van der Waals surface area contributed by atoms with Crippen molar-refractivity contribution < 1.29 is 4.79 Å². The number of isocyanates is 1. The largest absolute Gasteiger partial charge is 0.328 e. The summed E-state index contributed by atoms with van der Waals surface area (Å²) in [6, 6.07) is 0.333. The van der Waals surface area contributed by atoms with Gasteiger partial charge in [0, 0.05) is 0 Å². The summed E-state index contributed by atoms with van der Waals surface area (Å²) in [6.07, 6.45) is 0.750. The molecule has 3 nitrogen and oxygen atoms in total. The lowest BCUT2D eigenvalue weighted by Crippen LogP contribution is -2.06. The Hall–Kier alpha value is -0.660. The molecule has 0 aromatic heterocycles. The van der Waals surface area contributed by atoms with Crippen LogP contribution in [0.1, 0.15) is 13.8 Å². The van der Waals surface area contributed by atoms with Crippen LogP contribution in [-0.4, -0.2) is 12.1 Å². The van der Waals surface area contributed by atoms with Gasteiger partial charge in [-0.25, -0.2) is 10.2 Å². The van der Waals surface area contributed by atoms with Gasteiger partial charge in [-0.3, -0.25) is 0 Å². The fourth-order valence-corrected chi connectivity index (χ4v) is 0. The third-order valence-electron chi connectivity index (χ3n) is 0. The molecule has 0 spiro atoms. The number of nitrogens with two attached hydrogens (primary N) is 1. The predicted octanol–water partition coefficient (Wildman–Crippen LogP) is 0.254. The third kappa shape index (κ3) is 137. The molecule has 0 aromatic carbocycles. The van der Waals surface area contributed by atoms with E-state index in [0.717, 1.165) is 6.08 Å². The second kappa shape index (κ2) is 9.02. The summed E-state index contributed by atoms with van der Waals surface area (Å²) in [4.78, 5) is 8.35. The lowest BCUT2D eigenvalue weighted by atomic mass is 10.5. The molecule has 0 fully saturated rings. The van der Waals surface area contributed by atoms with Crippen molar-refractivity contribution in [3.8, 4) is 0 Å². The standard InChI is InChI=1S/C3H9N.CHNO/c1-3(2)4;2-1-3/h3H,4H2,1-2H3;2H. The Bertz CT molecular complexity index is 52.0. The van der Waals surface area contributed by atoms with Crippen molar-refractivity contribution in [2.75, 3.05) is 0 Å². The van der Waals surface area contributed by atoms with E-state index >= 15 is 0 Å². The Morgan fingerprint density at radius 3 is 1.71 bits per heavy atom. The van der Waals surface area contributed by atoms with E-state index in [9.17, 15) is 0 Å². The highest BCUT2D eigenvalue weighted by Crippen LogP contribution is 1.58. The molecule has 0 saturated heterocycles. The highest BCUT2D eigenvalue weighted by molar-refractivity contribution is 5.26. The van der Waals surface area contributed by atoms with Crippen molar-refractivity contribution in [1.82, 2.24) is 0 Å². The normalized spacial score (nSPS) is 6.29. The van der Waals surface area contributed by atoms with E-state index < -0.39 is 0 Å². The van der Waals surface area contributed by atoms with E-state index in [1.807, 2.05) is 13.8 Å². The van der Waals surface area contributed by atoms with E-state index in [1.54, 1.807) is 0 Å². The van der Waals surface area contributed by atoms with Gasteiger partial charge in [0.15, 0.2) is 0 Å². The summed E-state index contributed by atoms with van der Waals surface area (Å²) in [5.74, 6) is 0. The maximum atomic E-state index is 8.35. The van der Waals surface area contributed by atoms with Gasteiger partial charge in [0.25, 0.3) is 0 Å². The summed E-state index contributed by atoms with van der Waals surface area (Å²) < 4.78 is 0. The van der Waals surface area contributed by atoms with Crippen LogP contribution in [0, 0.1) is 5.41 Å². The summed E-state index contributed by atoms with van der Waals surface area (Å²) in [5.41, 5.74) is 5.11. The lowest BCUT2D eigenvalue weighted by Gasteiger charge is -1.81. The first kappa shape index (κ1) is 9.60. The number of nitrogens with one attached hydrogen (secondary N) is 1. The molecule has 0 aromatic rings. The van der Waals surface area contributed by atoms with Gasteiger partial charge in [0.05, 0.1) is 0 Å². The number of hydrogen-bond donors (Lipinski definition) is 2. The molecular weight excluding hydrogens is 92.1 g/mol. The first-order chi connectivity index (χ1) is 3.15. The maximum absolute atomic E-state index is 8.35. The third-order valence-corrected chi connectivity index (χ3v) is 0. The van der Waals surface area contributed by atoms with Crippen molar-refractivity contribution in [3.05, 3.63) is 0 Å². The van der Waals surface area contributed by atoms with E-state index in [1.165, 1.54) is 0 Å². The van der Waals surface area contributed by atoms with Crippen LogP contribution in [0.3, 0.4) is 0 Å². The second-order valence-corrected chi connectivity index (χ2v) is 1.35. The average molecular weight is 102 g/mol. The van der Waals surface area contributed by atoms with Crippen LogP contribution < -0.4 is 5.73 Å². The van der Waals surface area contributed by atoms with Crippen LogP contribution in [0.15, 0.2) is 0 Å². The van der Waals surface area contributed by atoms with Crippen molar-refractivity contribution >= 4 is 6.08 Å². The van der Waals surface area contributed by atoms with Gasteiger partial charge in [0.1, 0.15) is 0 Å². The van der Waals surface area contributed by atoms with Crippen molar-refractivity contribution in [2.24, 2.45) is 5.73 Å². The van der Waals surface area contributed by atoms with Gasteiger partial charge >= 0.3 is 0 Å². The molecule has 0 amide bonds. The monoisotopic (exact) mass is 102 g/mol. The first-order valence-electron chi connectivity index (χ1n) is 1.94.